The molecule has 0 amide bonds. The van der Waals surface area contributed by atoms with Crippen molar-refractivity contribution >= 4 is 28.4 Å². The fourth-order valence-electron chi connectivity index (χ4n) is 2.01. The van der Waals surface area contributed by atoms with Gasteiger partial charge in [0.25, 0.3) is 0 Å². The molecule has 2 aromatic rings. The zero-order chi connectivity index (χ0) is 13.8. The molecule has 0 spiro atoms. The minimum absolute atomic E-state index is 0.147. The van der Waals surface area contributed by atoms with Gasteiger partial charge in [-0.15, -0.1) is 0 Å². The van der Waals surface area contributed by atoms with Crippen molar-refractivity contribution in [2.24, 2.45) is 0 Å². The number of carbonyl (C=O) groups is 1. The molecule has 0 radical (unpaired) electrons. The van der Waals surface area contributed by atoms with Gasteiger partial charge in [0, 0.05) is 21.4 Å². The van der Waals surface area contributed by atoms with Crippen LogP contribution in [0.4, 0.5) is 0 Å². The van der Waals surface area contributed by atoms with Crippen LogP contribution in [0.5, 0.6) is 0 Å². The summed E-state index contributed by atoms with van der Waals surface area (Å²) in [5.74, 6) is 0.147. The molecule has 1 aromatic carbocycles. The maximum Gasteiger partial charge on any atom is 0.168 e. The van der Waals surface area contributed by atoms with E-state index in [1.165, 1.54) is 0 Å². The number of aryl methyl sites for hydroxylation is 2. The van der Waals surface area contributed by atoms with E-state index in [2.05, 4.69) is 34.6 Å². The number of aromatic nitrogens is 2. The second-order valence-electron chi connectivity index (χ2n) is 4.40. The largest absolute Gasteiger partial charge is 0.294 e. The first-order chi connectivity index (χ1) is 9.13. The molecule has 1 aromatic heterocycles. The Labute approximate surface area is 127 Å². The minimum Gasteiger partial charge on any atom is -0.294 e. The molecule has 100 valence electrons. The van der Waals surface area contributed by atoms with Crippen LogP contribution in [0.15, 0.2) is 30.3 Å². The Morgan fingerprint density at radius 1 is 1.26 bits per heavy atom. The first kappa shape index (κ1) is 14.2. The van der Waals surface area contributed by atoms with E-state index in [0.717, 1.165) is 33.5 Å². The lowest BCUT2D eigenvalue weighted by atomic mass is 10.1. The van der Waals surface area contributed by atoms with Gasteiger partial charge < -0.3 is 0 Å². The number of hydrogen-bond donors (Lipinski definition) is 0. The van der Waals surface area contributed by atoms with Crippen molar-refractivity contribution in [2.75, 3.05) is 0 Å². The lowest BCUT2D eigenvalue weighted by Crippen LogP contribution is -2.09. The summed E-state index contributed by atoms with van der Waals surface area (Å²) in [7, 11) is 0. The summed E-state index contributed by atoms with van der Waals surface area (Å²) < 4.78 is 3.06. The molecule has 0 saturated carbocycles. The Bertz CT molecular complexity index is 572. The average Bonchev–Trinajstić information content (AvgIpc) is 2.81. The van der Waals surface area contributed by atoms with E-state index in [1.807, 2.05) is 41.9 Å². The number of carbonyl (C=O) groups excluding carboxylic acids is 1. The number of rotatable bonds is 5. The Hall–Kier alpha value is -1.17. The molecular weight excluding hydrogens is 351 g/mol. The summed E-state index contributed by atoms with van der Waals surface area (Å²) in [6, 6.07) is 9.73. The van der Waals surface area contributed by atoms with Gasteiger partial charge >= 0.3 is 0 Å². The second kappa shape index (κ2) is 6.32. The van der Waals surface area contributed by atoms with Crippen LogP contribution in [0.3, 0.4) is 0 Å². The van der Waals surface area contributed by atoms with Crippen LogP contribution in [0.25, 0.3) is 0 Å². The topological polar surface area (TPSA) is 34.9 Å². The van der Waals surface area contributed by atoms with Crippen molar-refractivity contribution in [1.29, 1.82) is 0 Å². The van der Waals surface area contributed by atoms with Gasteiger partial charge in [0.2, 0.25) is 0 Å². The van der Waals surface area contributed by atoms with Crippen molar-refractivity contribution in [3.8, 4) is 0 Å². The summed E-state index contributed by atoms with van der Waals surface area (Å²) in [4.78, 5) is 12.2. The van der Waals surface area contributed by atoms with E-state index < -0.39 is 0 Å². The molecule has 4 heteroatoms. The highest BCUT2D eigenvalue weighted by Gasteiger charge is 2.12. The summed E-state index contributed by atoms with van der Waals surface area (Å²) in [5.41, 5.74) is 2.82. The monoisotopic (exact) mass is 368 g/mol. The van der Waals surface area contributed by atoms with Gasteiger partial charge in [0.15, 0.2) is 5.78 Å². The van der Waals surface area contributed by atoms with E-state index in [4.69, 9.17) is 0 Å². The normalized spacial score (nSPS) is 10.7. The molecule has 0 unspecified atom stereocenters. The van der Waals surface area contributed by atoms with Gasteiger partial charge in [-0.2, -0.15) is 5.10 Å². The smallest absolute Gasteiger partial charge is 0.168 e. The lowest BCUT2D eigenvalue weighted by Gasteiger charge is -2.04. The summed E-state index contributed by atoms with van der Waals surface area (Å²) in [6.45, 7) is 4.92. The predicted molar refractivity (Wildman–Crippen MR) is 84.5 cm³/mol. The van der Waals surface area contributed by atoms with Crippen molar-refractivity contribution < 1.29 is 4.79 Å². The van der Waals surface area contributed by atoms with E-state index in [9.17, 15) is 4.79 Å². The number of Topliss-reactive ketones (excluding diaryl/α,β-unsaturated/α-hetero) is 1. The van der Waals surface area contributed by atoms with Crippen molar-refractivity contribution in [3.05, 3.63) is 50.9 Å². The average molecular weight is 368 g/mol. The molecule has 2 rings (SSSR count). The zero-order valence-corrected chi connectivity index (χ0v) is 13.3. The highest BCUT2D eigenvalue weighted by Crippen LogP contribution is 2.12. The van der Waals surface area contributed by atoms with Crippen LogP contribution in [0.1, 0.15) is 35.6 Å². The molecule has 3 nitrogen and oxygen atoms in total. The van der Waals surface area contributed by atoms with Gasteiger partial charge in [-0.25, -0.2) is 0 Å². The van der Waals surface area contributed by atoms with Gasteiger partial charge in [-0.1, -0.05) is 19.1 Å². The third-order valence-electron chi connectivity index (χ3n) is 3.08. The summed E-state index contributed by atoms with van der Waals surface area (Å²) in [5, 5.41) is 4.47. The Kier molecular flexibility index (Phi) is 4.74. The first-order valence-electron chi connectivity index (χ1n) is 6.48. The van der Waals surface area contributed by atoms with Crippen LogP contribution in [0.2, 0.25) is 0 Å². The van der Waals surface area contributed by atoms with Gasteiger partial charge in [0.1, 0.15) is 0 Å². The number of benzene rings is 1. The quantitative estimate of drug-likeness (QED) is 0.598. The maximum absolute atomic E-state index is 12.2. The Balaban J connectivity index is 2.18. The fraction of sp³-hybridized carbons (Fsp3) is 0.333. The van der Waals surface area contributed by atoms with E-state index in [0.29, 0.717) is 6.42 Å². The van der Waals surface area contributed by atoms with Crippen LogP contribution in [0, 0.1) is 3.57 Å². The fourth-order valence-corrected chi connectivity index (χ4v) is 2.37. The minimum atomic E-state index is 0.147. The van der Waals surface area contributed by atoms with Crippen LogP contribution >= 0.6 is 22.6 Å². The molecule has 0 N–H and O–H groups in total. The summed E-state index contributed by atoms with van der Waals surface area (Å²) in [6.07, 6.45) is 1.32. The molecule has 19 heavy (non-hydrogen) atoms. The highest BCUT2D eigenvalue weighted by molar-refractivity contribution is 14.1. The molecular formula is C15H17IN2O. The van der Waals surface area contributed by atoms with Gasteiger partial charge in [-0.05, 0) is 54.1 Å². The highest BCUT2D eigenvalue weighted by atomic mass is 127. The Morgan fingerprint density at radius 2 is 1.95 bits per heavy atom. The third-order valence-corrected chi connectivity index (χ3v) is 3.80. The second-order valence-corrected chi connectivity index (χ2v) is 5.65. The number of hydrogen-bond acceptors (Lipinski definition) is 2. The predicted octanol–water partition coefficient (Wildman–Crippen LogP) is 3.50. The number of nitrogens with zero attached hydrogens (tertiary/aromatic N) is 2. The van der Waals surface area contributed by atoms with E-state index in [-0.39, 0.29) is 5.78 Å². The molecule has 0 saturated heterocycles. The van der Waals surface area contributed by atoms with Gasteiger partial charge in [0.05, 0.1) is 12.1 Å². The third kappa shape index (κ3) is 3.43. The molecule has 0 fully saturated rings. The van der Waals surface area contributed by atoms with Crippen molar-refractivity contribution in [1.82, 2.24) is 9.78 Å². The van der Waals surface area contributed by atoms with Crippen LogP contribution in [-0.2, 0) is 19.4 Å². The molecule has 1 heterocycles. The maximum atomic E-state index is 12.2. The van der Waals surface area contributed by atoms with Crippen LogP contribution in [-0.4, -0.2) is 15.6 Å². The van der Waals surface area contributed by atoms with Crippen molar-refractivity contribution in [2.45, 2.75) is 33.2 Å². The molecule has 0 atom stereocenters. The van der Waals surface area contributed by atoms with Gasteiger partial charge in [-0.3, -0.25) is 9.48 Å². The standard InChI is InChI=1S/C15H17IN2O/c1-3-13-9-14(18(4-2)17-13)10-15(19)11-5-7-12(16)8-6-11/h5-9H,3-4,10H2,1-2H3. The van der Waals surface area contributed by atoms with E-state index in [1.54, 1.807) is 0 Å². The first-order valence-corrected chi connectivity index (χ1v) is 7.56. The molecule has 0 aliphatic rings. The lowest BCUT2D eigenvalue weighted by molar-refractivity contribution is 0.0990. The zero-order valence-electron chi connectivity index (χ0n) is 11.2. The van der Waals surface area contributed by atoms with Crippen LogP contribution < -0.4 is 0 Å². The Morgan fingerprint density at radius 3 is 2.53 bits per heavy atom. The molecule has 0 aliphatic carbocycles. The number of ketones is 1. The SMILES string of the molecule is CCc1cc(CC(=O)c2ccc(I)cc2)n(CC)n1. The van der Waals surface area contributed by atoms with E-state index >= 15 is 0 Å². The summed E-state index contributed by atoms with van der Waals surface area (Å²) >= 11 is 2.24. The molecule has 0 aliphatic heterocycles. The van der Waals surface area contributed by atoms with Crippen molar-refractivity contribution in [3.63, 3.8) is 0 Å². The molecule has 0 bridgehead atoms. The number of halogens is 1.